The highest BCUT2D eigenvalue weighted by Gasteiger charge is 2.03. The lowest BCUT2D eigenvalue weighted by atomic mass is 9.96. The fraction of sp³-hybridized carbons (Fsp3) is 0.500. The maximum Gasteiger partial charge on any atom is 0.0299 e. The van der Waals surface area contributed by atoms with Gasteiger partial charge in [0.05, 0.1) is 0 Å². The molecule has 2 rings (SSSR count). The second-order valence-corrected chi connectivity index (χ2v) is 5.61. The molecule has 0 aromatic carbocycles. The summed E-state index contributed by atoms with van der Waals surface area (Å²) in [7, 11) is 0. The van der Waals surface area contributed by atoms with Crippen molar-refractivity contribution in [3.63, 3.8) is 0 Å². The van der Waals surface area contributed by atoms with Crippen molar-refractivity contribution in [1.82, 2.24) is 9.97 Å². The Bertz CT molecular complexity index is 422. The van der Waals surface area contributed by atoms with Crippen LogP contribution in [0.3, 0.4) is 0 Å². The third kappa shape index (κ3) is 7.92. The van der Waals surface area contributed by atoms with Crippen LogP contribution in [0.4, 0.5) is 0 Å². The summed E-state index contributed by atoms with van der Waals surface area (Å²) in [5.41, 5.74) is 2.71. The molecule has 2 heterocycles. The maximum absolute atomic E-state index is 4.16. The quantitative estimate of drug-likeness (QED) is 0.644. The van der Waals surface area contributed by atoms with Gasteiger partial charge >= 0.3 is 0 Å². The van der Waals surface area contributed by atoms with Crippen molar-refractivity contribution in [3.8, 4) is 0 Å². The molecule has 0 fully saturated rings. The van der Waals surface area contributed by atoms with Crippen LogP contribution >= 0.6 is 0 Å². The van der Waals surface area contributed by atoms with Crippen LogP contribution in [-0.2, 0) is 12.8 Å². The van der Waals surface area contributed by atoms with Crippen molar-refractivity contribution in [2.75, 3.05) is 0 Å². The second kappa shape index (κ2) is 11.9. The summed E-state index contributed by atoms with van der Waals surface area (Å²) < 4.78 is 0. The molecular weight excluding hydrogens is 268 g/mol. The van der Waals surface area contributed by atoms with Gasteiger partial charge in [0.2, 0.25) is 0 Å². The minimum atomic E-state index is 0.809. The normalized spacial score (nSPS) is 10.2. The molecule has 2 nitrogen and oxygen atoms in total. The first-order chi connectivity index (χ1) is 10.8. The molecule has 120 valence electrons. The summed E-state index contributed by atoms with van der Waals surface area (Å²) in [6, 6.07) is 8.37. The lowest BCUT2D eigenvalue weighted by Crippen LogP contribution is -1.98. The van der Waals surface area contributed by atoms with E-state index in [0.29, 0.717) is 0 Å². The first kappa shape index (κ1) is 18.3. The van der Waals surface area contributed by atoms with E-state index in [1.165, 1.54) is 36.8 Å². The van der Waals surface area contributed by atoms with Crippen LogP contribution in [0.25, 0.3) is 0 Å². The van der Waals surface area contributed by atoms with E-state index in [1.807, 2.05) is 50.8 Å². The van der Waals surface area contributed by atoms with Crippen LogP contribution in [0.2, 0.25) is 0 Å². The Labute approximate surface area is 136 Å². The Balaban J connectivity index is 0.00000116. The number of aromatic nitrogens is 2. The van der Waals surface area contributed by atoms with Gasteiger partial charge < -0.3 is 0 Å². The fourth-order valence-corrected chi connectivity index (χ4v) is 2.55. The summed E-state index contributed by atoms with van der Waals surface area (Å²) in [6.07, 6.45) is 15.1. The zero-order valence-corrected chi connectivity index (χ0v) is 14.3. The van der Waals surface area contributed by atoms with Gasteiger partial charge in [0.15, 0.2) is 0 Å². The number of nitrogens with zero attached hydrogens (tertiary/aromatic N) is 2. The minimum absolute atomic E-state index is 0.809. The first-order valence-corrected chi connectivity index (χ1v) is 8.62. The van der Waals surface area contributed by atoms with Crippen LogP contribution in [0.15, 0.2) is 49.1 Å². The SMILES string of the molecule is CC.CC(CCCc1cccnc1)CCCc1cccnc1. The third-order valence-corrected chi connectivity index (χ3v) is 3.77. The molecule has 2 aromatic heterocycles. The van der Waals surface area contributed by atoms with Gasteiger partial charge in [-0.15, -0.1) is 0 Å². The van der Waals surface area contributed by atoms with E-state index >= 15 is 0 Å². The van der Waals surface area contributed by atoms with Crippen molar-refractivity contribution in [3.05, 3.63) is 60.2 Å². The molecule has 0 bridgehead atoms. The van der Waals surface area contributed by atoms with Gasteiger partial charge in [-0.25, -0.2) is 0 Å². The van der Waals surface area contributed by atoms with E-state index in [-0.39, 0.29) is 0 Å². The Hall–Kier alpha value is -1.70. The van der Waals surface area contributed by atoms with E-state index < -0.39 is 0 Å². The van der Waals surface area contributed by atoms with Crippen molar-refractivity contribution in [1.29, 1.82) is 0 Å². The van der Waals surface area contributed by atoms with Crippen LogP contribution in [0.1, 0.15) is 57.6 Å². The van der Waals surface area contributed by atoms with Gasteiger partial charge in [-0.1, -0.05) is 45.7 Å². The average Bonchev–Trinajstić information content (AvgIpc) is 2.59. The molecule has 0 aliphatic heterocycles. The Morgan fingerprint density at radius 2 is 1.27 bits per heavy atom. The number of rotatable bonds is 8. The number of aryl methyl sites for hydroxylation is 2. The van der Waals surface area contributed by atoms with Crippen molar-refractivity contribution >= 4 is 0 Å². The number of hydrogen-bond acceptors (Lipinski definition) is 2. The van der Waals surface area contributed by atoms with Gasteiger partial charge in [-0.05, 0) is 54.9 Å². The second-order valence-electron chi connectivity index (χ2n) is 5.61. The highest BCUT2D eigenvalue weighted by Crippen LogP contribution is 2.16. The molecular formula is C20H30N2. The summed E-state index contributed by atoms with van der Waals surface area (Å²) in [4.78, 5) is 8.32. The zero-order chi connectivity index (χ0) is 16.0. The van der Waals surface area contributed by atoms with Gasteiger partial charge in [0.1, 0.15) is 0 Å². The Morgan fingerprint density at radius 3 is 1.64 bits per heavy atom. The standard InChI is InChI=1S/C18H24N2.C2H6/c1-16(6-2-8-17-10-4-12-19-14-17)7-3-9-18-11-5-13-20-15-18;1-2/h4-5,10-16H,2-3,6-9H2,1H3;1-2H3. The maximum atomic E-state index is 4.16. The number of pyridine rings is 2. The van der Waals surface area contributed by atoms with Crippen LogP contribution in [0.5, 0.6) is 0 Å². The molecule has 22 heavy (non-hydrogen) atoms. The van der Waals surface area contributed by atoms with Crippen molar-refractivity contribution < 1.29 is 0 Å². The topological polar surface area (TPSA) is 25.8 Å². The monoisotopic (exact) mass is 298 g/mol. The average molecular weight is 298 g/mol. The van der Waals surface area contributed by atoms with Gasteiger partial charge in [0, 0.05) is 24.8 Å². The Kier molecular flexibility index (Phi) is 9.93. The van der Waals surface area contributed by atoms with Crippen LogP contribution in [0, 0.1) is 5.92 Å². The Morgan fingerprint density at radius 1 is 0.818 bits per heavy atom. The van der Waals surface area contributed by atoms with Gasteiger partial charge in [-0.2, -0.15) is 0 Å². The minimum Gasteiger partial charge on any atom is -0.264 e. The number of hydrogen-bond donors (Lipinski definition) is 0. The molecule has 0 aliphatic rings. The van der Waals surface area contributed by atoms with E-state index in [0.717, 1.165) is 18.8 Å². The highest BCUT2D eigenvalue weighted by atomic mass is 14.6. The van der Waals surface area contributed by atoms with Crippen molar-refractivity contribution in [2.45, 2.75) is 59.3 Å². The fourth-order valence-electron chi connectivity index (χ4n) is 2.55. The van der Waals surface area contributed by atoms with Gasteiger partial charge in [-0.3, -0.25) is 9.97 Å². The summed E-state index contributed by atoms with van der Waals surface area (Å²) in [5.74, 6) is 0.809. The van der Waals surface area contributed by atoms with E-state index in [9.17, 15) is 0 Å². The molecule has 2 heteroatoms. The third-order valence-electron chi connectivity index (χ3n) is 3.77. The smallest absolute Gasteiger partial charge is 0.0299 e. The lowest BCUT2D eigenvalue weighted by Gasteiger charge is -2.11. The summed E-state index contributed by atoms with van der Waals surface area (Å²) >= 11 is 0. The molecule has 0 N–H and O–H groups in total. The van der Waals surface area contributed by atoms with Crippen LogP contribution < -0.4 is 0 Å². The summed E-state index contributed by atoms with van der Waals surface area (Å²) in [6.45, 7) is 6.37. The molecule has 2 aromatic rings. The highest BCUT2D eigenvalue weighted by molar-refractivity contribution is 5.09. The van der Waals surface area contributed by atoms with Gasteiger partial charge in [0.25, 0.3) is 0 Å². The summed E-state index contributed by atoms with van der Waals surface area (Å²) in [5, 5.41) is 0. The molecule has 0 atom stereocenters. The molecule has 0 spiro atoms. The molecule has 0 unspecified atom stereocenters. The first-order valence-electron chi connectivity index (χ1n) is 8.62. The van der Waals surface area contributed by atoms with E-state index in [1.54, 1.807) is 0 Å². The zero-order valence-electron chi connectivity index (χ0n) is 14.3. The van der Waals surface area contributed by atoms with Crippen LogP contribution in [-0.4, -0.2) is 9.97 Å². The predicted molar refractivity (Wildman–Crippen MR) is 94.9 cm³/mol. The lowest BCUT2D eigenvalue weighted by molar-refractivity contribution is 0.459. The largest absolute Gasteiger partial charge is 0.264 e. The molecule has 0 aliphatic carbocycles. The molecule has 0 radical (unpaired) electrons. The molecule has 0 saturated carbocycles. The van der Waals surface area contributed by atoms with E-state index in [2.05, 4.69) is 29.0 Å². The molecule has 0 saturated heterocycles. The molecule has 0 amide bonds. The van der Waals surface area contributed by atoms with Crippen molar-refractivity contribution in [2.24, 2.45) is 5.92 Å². The van der Waals surface area contributed by atoms with E-state index in [4.69, 9.17) is 0 Å². The predicted octanol–water partition coefficient (Wildman–Crippen LogP) is 5.48.